The van der Waals surface area contributed by atoms with E-state index in [0.717, 1.165) is 31.8 Å². The van der Waals surface area contributed by atoms with Gasteiger partial charge in [0, 0.05) is 30.9 Å². The van der Waals surface area contributed by atoms with E-state index in [9.17, 15) is 9.18 Å². The summed E-state index contributed by atoms with van der Waals surface area (Å²) in [6, 6.07) is 2.98. The maximum absolute atomic E-state index is 12.9. The van der Waals surface area contributed by atoms with Gasteiger partial charge >= 0.3 is 0 Å². The molecule has 0 radical (unpaired) electrons. The van der Waals surface area contributed by atoms with E-state index < -0.39 is 0 Å². The first-order chi connectivity index (χ1) is 12.1. The van der Waals surface area contributed by atoms with Crippen LogP contribution < -0.4 is 0 Å². The van der Waals surface area contributed by atoms with Gasteiger partial charge in [0.2, 0.25) is 5.91 Å². The van der Waals surface area contributed by atoms with E-state index in [-0.39, 0.29) is 18.1 Å². The second kappa shape index (κ2) is 7.02. The minimum atomic E-state index is -0.357. The third-order valence-electron chi connectivity index (χ3n) is 6.61. The van der Waals surface area contributed by atoms with E-state index in [0.29, 0.717) is 11.2 Å². The topological polar surface area (TPSA) is 36.4 Å². The van der Waals surface area contributed by atoms with Gasteiger partial charge in [-0.05, 0) is 63.1 Å². The highest BCUT2D eigenvalue weighted by Gasteiger charge is 2.44. The lowest BCUT2D eigenvalue weighted by molar-refractivity contribution is -0.133. The summed E-state index contributed by atoms with van der Waals surface area (Å²) in [5.74, 6) is 0.681. The number of amides is 1. The number of nitrogens with zero attached hydrogens (tertiary/aromatic N) is 3. The maximum atomic E-state index is 12.9. The molecular formula is C20H28FN3O. The summed E-state index contributed by atoms with van der Waals surface area (Å²) in [6.07, 6.45) is 10.5. The number of carbonyl (C=O) groups excluding carboxylic acids is 1. The van der Waals surface area contributed by atoms with Gasteiger partial charge < -0.3 is 4.90 Å². The number of hydrogen-bond acceptors (Lipinski definition) is 3. The second-order valence-electron chi connectivity index (χ2n) is 8.10. The molecule has 3 heterocycles. The molecule has 1 amide bonds. The minimum absolute atomic E-state index is 0.123. The van der Waals surface area contributed by atoms with Crippen molar-refractivity contribution in [3.63, 3.8) is 0 Å². The van der Waals surface area contributed by atoms with Gasteiger partial charge in [0.1, 0.15) is 5.82 Å². The zero-order valence-corrected chi connectivity index (χ0v) is 14.9. The van der Waals surface area contributed by atoms with Crippen molar-refractivity contribution in [1.82, 2.24) is 14.8 Å². The first-order valence-electron chi connectivity index (χ1n) is 9.78. The maximum Gasteiger partial charge on any atom is 0.228 e. The summed E-state index contributed by atoms with van der Waals surface area (Å²) in [5.41, 5.74) is 1.000. The van der Waals surface area contributed by atoms with Crippen LogP contribution in [0.1, 0.15) is 50.6 Å². The summed E-state index contributed by atoms with van der Waals surface area (Å²) >= 11 is 0. The molecule has 1 spiro atoms. The van der Waals surface area contributed by atoms with Crippen molar-refractivity contribution in [2.45, 2.75) is 56.9 Å². The summed E-state index contributed by atoms with van der Waals surface area (Å²) < 4.78 is 12.9. The standard InChI is InChI=1S/C20H28FN3O/c21-17-5-6-18(22-14-17)13-19(25)23-11-8-20(9-12-23)7-2-10-24(20)15-16-3-1-4-16/h5-6,14,16H,1-4,7-13,15H2. The van der Waals surface area contributed by atoms with Gasteiger partial charge in [-0.1, -0.05) is 6.42 Å². The Bertz CT molecular complexity index is 606. The molecule has 1 aromatic rings. The van der Waals surface area contributed by atoms with Crippen molar-refractivity contribution in [2.24, 2.45) is 5.92 Å². The normalized spacial score (nSPS) is 23.8. The molecule has 136 valence electrons. The number of halogens is 1. The monoisotopic (exact) mass is 345 g/mol. The zero-order chi connectivity index (χ0) is 17.3. The van der Waals surface area contributed by atoms with E-state index in [4.69, 9.17) is 0 Å². The molecule has 1 saturated carbocycles. The third-order valence-corrected chi connectivity index (χ3v) is 6.61. The highest BCUT2D eigenvalue weighted by molar-refractivity contribution is 5.78. The van der Waals surface area contributed by atoms with E-state index in [1.54, 1.807) is 6.07 Å². The van der Waals surface area contributed by atoms with Crippen LogP contribution in [0.3, 0.4) is 0 Å². The molecule has 1 aromatic heterocycles. The van der Waals surface area contributed by atoms with Gasteiger partial charge in [0.15, 0.2) is 0 Å². The smallest absolute Gasteiger partial charge is 0.228 e. The Morgan fingerprint density at radius 3 is 2.60 bits per heavy atom. The van der Waals surface area contributed by atoms with Gasteiger partial charge in [0.05, 0.1) is 12.6 Å². The summed E-state index contributed by atoms with van der Waals surface area (Å²) in [6.45, 7) is 4.21. The summed E-state index contributed by atoms with van der Waals surface area (Å²) in [5, 5.41) is 0. The predicted octanol–water partition coefficient (Wildman–Crippen LogP) is 3.02. The number of likely N-dealkylation sites (tertiary alicyclic amines) is 2. The molecule has 4 rings (SSSR count). The molecule has 0 unspecified atom stereocenters. The molecule has 0 N–H and O–H groups in total. The fraction of sp³-hybridized carbons (Fsp3) is 0.700. The van der Waals surface area contributed by atoms with Crippen LogP contribution in [0.2, 0.25) is 0 Å². The number of hydrogen-bond donors (Lipinski definition) is 0. The number of aromatic nitrogens is 1. The third kappa shape index (κ3) is 3.57. The van der Waals surface area contributed by atoms with E-state index in [1.807, 2.05) is 4.90 Å². The van der Waals surface area contributed by atoms with Gasteiger partial charge in [-0.25, -0.2) is 4.39 Å². The summed E-state index contributed by atoms with van der Waals surface area (Å²) in [7, 11) is 0. The molecule has 5 heteroatoms. The van der Waals surface area contributed by atoms with Gasteiger partial charge in [0.25, 0.3) is 0 Å². The van der Waals surface area contributed by atoms with E-state index in [2.05, 4.69) is 9.88 Å². The van der Waals surface area contributed by atoms with Crippen molar-refractivity contribution < 1.29 is 9.18 Å². The number of piperidine rings is 1. The Kier molecular flexibility index (Phi) is 4.76. The molecule has 25 heavy (non-hydrogen) atoms. The lowest BCUT2D eigenvalue weighted by atomic mass is 9.81. The van der Waals surface area contributed by atoms with Crippen molar-refractivity contribution in [3.8, 4) is 0 Å². The molecule has 1 aliphatic carbocycles. The SMILES string of the molecule is O=C(Cc1ccc(F)cn1)N1CCC2(CCCN2CC2CCC2)CC1. The fourth-order valence-electron chi connectivity index (χ4n) is 4.78. The number of rotatable bonds is 4. The van der Waals surface area contributed by atoms with Crippen LogP contribution in [-0.2, 0) is 11.2 Å². The molecule has 0 aromatic carbocycles. The molecule has 4 nitrogen and oxygen atoms in total. The van der Waals surface area contributed by atoms with Crippen LogP contribution in [0.5, 0.6) is 0 Å². The molecule has 2 saturated heterocycles. The van der Waals surface area contributed by atoms with Crippen LogP contribution in [0.15, 0.2) is 18.3 Å². The second-order valence-corrected chi connectivity index (χ2v) is 8.10. The first kappa shape index (κ1) is 17.0. The average Bonchev–Trinajstić information content (AvgIpc) is 2.96. The minimum Gasteiger partial charge on any atom is -0.342 e. The van der Waals surface area contributed by atoms with Crippen LogP contribution in [0.25, 0.3) is 0 Å². The van der Waals surface area contributed by atoms with Crippen LogP contribution in [0.4, 0.5) is 4.39 Å². The summed E-state index contributed by atoms with van der Waals surface area (Å²) in [4.78, 5) is 21.3. The molecule has 3 aliphatic rings. The van der Waals surface area contributed by atoms with Crippen molar-refractivity contribution in [1.29, 1.82) is 0 Å². The highest BCUT2D eigenvalue weighted by atomic mass is 19.1. The zero-order valence-electron chi connectivity index (χ0n) is 14.9. The Morgan fingerprint density at radius 2 is 1.96 bits per heavy atom. The van der Waals surface area contributed by atoms with E-state index >= 15 is 0 Å². The van der Waals surface area contributed by atoms with Crippen molar-refractivity contribution >= 4 is 5.91 Å². The Labute approximate surface area is 149 Å². The fourth-order valence-corrected chi connectivity index (χ4v) is 4.78. The molecule has 0 bridgehead atoms. The van der Waals surface area contributed by atoms with Gasteiger partial charge in [-0.15, -0.1) is 0 Å². The molecule has 3 fully saturated rings. The van der Waals surface area contributed by atoms with E-state index in [1.165, 1.54) is 57.5 Å². The van der Waals surface area contributed by atoms with Gasteiger partial charge in [-0.2, -0.15) is 0 Å². The number of pyridine rings is 1. The Balaban J connectivity index is 1.32. The lowest BCUT2D eigenvalue weighted by Crippen LogP contribution is -2.54. The van der Waals surface area contributed by atoms with Crippen molar-refractivity contribution in [3.05, 3.63) is 29.8 Å². The van der Waals surface area contributed by atoms with Crippen LogP contribution in [-0.4, -0.2) is 52.4 Å². The van der Waals surface area contributed by atoms with Crippen LogP contribution in [0, 0.1) is 11.7 Å². The average molecular weight is 345 g/mol. The van der Waals surface area contributed by atoms with Crippen LogP contribution >= 0.6 is 0 Å². The Hall–Kier alpha value is -1.49. The number of carbonyl (C=O) groups is 1. The van der Waals surface area contributed by atoms with Crippen molar-refractivity contribution in [2.75, 3.05) is 26.2 Å². The largest absolute Gasteiger partial charge is 0.342 e. The predicted molar refractivity (Wildman–Crippen MR) is 94.6 cm³/mol. The molecule has 2 aliphatic heterocycles. The Morgan fingerprint density at radius 1 is 1.16 bits per heavy atom. The highest BCUT2D eigenvalue weighted by Crippen LogP contribution is 2.40. The lowest BCUT2D eigenvalue weighted by Gasteiger charge is -2.47. The van der Waals surface area contributed by atoms with Gasteiger partial charge in [-0.3, -0.25) is 14.7 Å². The molecule has 0 atom stereocenters. The first-order valence-corrected chi connectivity index (χ1v) is 9.78. The quantitative estimate of drug-likeness (QED) is 0.842. The molecular weight excluding hydrogens is 317 g/mol.